The Morgan fingerprint density at radius 1 is 1.62 bits per heavy atom. The number of aliphatic imine (C=N–C) groups is 1. The van der Waals surface area contributed by atoms with Crippen molar-refractivity contribution in [2.24, 2.45) is 22.4 Å². The minimum atomic E-state index is 0.389. The van der Waals surface area contributed by atoms with Gasteiger partial charge in [0.2, 0.25) is 0 Å². The van der Waals surface area contributed by atoms with Crippen LogP contribution in [0.1, 0.15) is 13.3 Å². The molecule has 1 atom stereocenters. The van der Waals surface area contributed by atoms with Gasteiger partial charge < -0.3 is 21.1 Å². The third-order valence-corrected chi connectivity index (χ3v) is 2.96. The maximum absolute atomic E-state index is 5.75. The summed E-state index contributed by atoms with van der Waals surface area (Å²) in [6.45, 7) is 6.33. The van der Waals surface area contributed by atoms with Crippen LogP contribution < -0.4 is 11.5 Å². The molecule has 4 N–H and O–H groups in total. The predicted molar refractivity (Wildman–Crippen MR) is 66.0 cm³/mol. The lowest BCUT2D eigenvalue weighted by atomic mass is 10.1. The summed E-state index contributed by atoms with van der Waals surface area (Å²) in [7, 11) is 1.54. The molecule has 1 aliphatic heterocycles. The monoisotopic (exact) mass is 226 g/mol. The summed E-state index contributed by atoms with van der Waals surface area (Å²) >= 11 is 0. The van der Waals surface area contributed by atoms with Crippen LogP contribution in [0.5, 0.6) is 0 Å². The number of nitrogens with zero attached hydrogens (tertiary/aromatic N) is 2. The Hall–Kier alpha value is -1.23. The number of methoxy groups -OCH3 is 1. The maximum Gasteiger partial charge on any atom is 0.175 e. The van der Waals surface area contributed by atoms with E-state index in [2.05, 4.69) is 16.8 Å². The number of amidine groups is 1. The first-order valence-electron chi connectivity index (χ1n) is 5.69. The zero-order valence-corrected chi connectivity index (χ0v) is 10.1. The first-order chi connectivity index (χ1) is 7.71. The fraction of sp³-hybridized carbons (Fsp3) is 0.727. The zero-order valence-electron chi connectivity index (χ0n) is 10.1. The second-order valence-electron chi connectivity index (χ2n) is 4.01. The van der Waals surface area contributed by atoms with Gasteiger partial charge in [0.1, 0.15) is 0 Å². The van der Waals surface area contributed by atoms with Crippen molar-refractivity contribution in [2.75, 3.05) is 33.3 Å². The van der Waals surface area contributed by atoms with Crippen molar-refractivity contribution in [1.82, 2.24) is 4.90 Å². The lowest BCUT2D eigenvalue weighted by Gasteiger charge is -2.12. The third-order valence-electron chi connectivity index (χ3n) is 2.96. The quantitative estimate of drug-likeness (QED) is 0.397. The SMILES string of the molecule is CCN1CCC(CN=C(N)/C(=C\N)OC)C1. The third kappa shape index (κ3) is 3.41. The fourth-order valence-electron chi connectivity index (χ4n) is 1.91. The summed E-state index contributed by atoms with van der Waals surface area (Å²) in [5.41, 5.74) is 11.1. The van der Waals surface area contributed by atoms with E-state index in [1.54, 1.807) is 0 Å². The molecular weight excluding hydrogens is 204 g/mol. The first kappa shape index (κ1) is 12.8. The average Bonchev–Trinajstić information content (AvgIpc) is 2.76. The van der Waals surface area contributed by atoms with Gasteiger partial charge in [0, 0.05) is 19.3 Å². The van der Waals surface area contributed by atoms with Gasteiger partial charge in [0.15, 0.2) is 11.6 Å². The molecule has 1 saturated heterocycles. The summed E-state index contributed by atoms with van der Waals surface area (Å²) in [4.78, 5) is 6.73. The van der Waals surface area contributed by atoms with Gasteiger partial charge in [-0.1, -0.05) is 6.92 Å². The van der Waals surface area contributed by atoms with Gasteiger partial charge in [-0.05, 0) is 25.4 Å². The van der Waals surface area contributed by atoms with Gasteiger partial charge in [0.25, 0.3) is 0 Å². The van der Waals surface area contributed by atoms with E-state index in [0.717, 1.165) is 19.6 Å². The van der Waals surface area contributed by atoms with Crippen molar-refractivity contribution in [1.29, 1.82) is 0 Å². The number of nitrogens with two attached hydrogens (primary N) is 2. The summed E-state index contributed by atoms with van der Waals surface area (Å²) in [6.07, 6.45) is 2.53. The summed E-state index contributed by atoms with van der Waals surface area (Å²) < 4.78 is 4.99. The Morgan fingerprint density at radius 3 is 2.88 bits per heavy atom. The highest BCUT2D eigenvalue weighted by molar-refractivity contribution is 5.94. The number of hydrogen-bond acceptors (Lipinski definition) is 4. The van der Waals surface area contributed by atoms with E-state index in [4.69, 9.17) is 16.2 Å². The van der Waals surface area contributed by atoms with Crippen LogP contribution >= 0.6 is 0 Å². The lowest BCUT2D eigenvalue weighted by Crippen LogP contribution is -2.22. The molecule has 1 heterocycles. The molecule has 0 bridgehead atoms. The number of hydrogen-bond donors (Lipinski definition) is 2. The standard InChI is InChI=1S/C11H22N4O/c1-3-15-5-4-9(8-15)7-14-11(13)10(6-12)16-2/h6,9H,3-5,7-8,12H2,1-2H3,(H2,13,14)/b10-6+. The molecule has 0 aromatic rings. The van der Waals surface area contributed by atoms with E-state index in [0.29, 0.717) is 17.5 Å². The van der Waals surface area contributed by atoms with Crippen molar-refractivity contribution in [3.63, 3.8) is 0 Å². The Kier molecular flexibility index (Phi) is 5.11. The topological polar surface area (TPSA) is 76.9 Å². The minimum absolute atomic E-state index is 0.389. The molecule has 1 rings (SSSR count). The Morgan fingerprint density at radius 2 is 2.38 bits per heavy atom. The van der Waals surface area contributed by atoms with Gasteiger partial charge in [-0.15, -0.1) is 0 Å². The predicted octanol–water partition coefficient (Wildman–Crippen LogP) is 0.132. The Labute approximate surface area is 97.1 Å². The summed E-state index contributed by atoms with van der Waals surface area (Å²) in [6, 6.07) is 0. The highest BCUT2D eigenvalue weighted by Gasteiger charge is 2.20. The van der Waals surface area contributed by atoms with E-state index >= 15 is 0 Å². The maximum atomic E-state index is 5.75. The van der Waals surface area contributed by atoms with Gasteiger partial charge in [0.05, 0.1) is 7.11 Å². The summed E-state index contributed by atoms with van der Waals surface area (Å²) in [5, 5.41) is 0. The van der Waals surface area contributed by atoms with Gasteiger partial charge in [-0.25, -0.2) is 0 Å². The van der Waals surface area contributed by atoms with E-state index in [1.807, 2.05) is 0 Å². The van der Waals surface area contributed by atoms with Gasteiger partial charge in [-0.2, -0.15) is 0 Å². The molecule has 0 aliphatic carbocycles. The van der Waals surface area contributed by atoms with Crippen molar-refractivity contribution in [2.45, 2.75) is 13.3 Å². The number of likely N-dealkylation sites (tertiary alicyclic amines) is 1. The Bertz CT molecular complexity index is 275. The van der Waals surface area contributed by atoms with Gasteiger partial charge in [-0.3, -0.25) is 4.99 Å². The highest BCUT2D eigenvalue weighted by atomic mass is 16.5. The van der Waals surface area contributed by atoms with Crippen molar-refractivity contribution >= 4 is 5.84 Å². The fourth-order valence-corrected chi connectivity index (χ4v) is 1.91. The molecule has 1 fully saturated rings. The number of rotatable bonds is 5. The molecule has 5 heteroatoms. The van der Waals surface area contributed by atoms with Crippen LogP contribution in [0.15, 0.2) is 17.0 Å². The van der Waals surface area contributed by atoms with E-state index < -0.39 is 0 Å². The second-order valence-corrected chi connectivity index (χ2v) is 4.01. The van der Waals surface area contributed by atoms with Crippen LogP contribution in [0.25, 0.3) is 0 Å². The molecule has 0 spiro atoms. The molecule has 1 unspecified atom stereocenters. The van der Waals surface area contributed by atoms with Crippen LogP contribution in [0.4, 0.5) is 0 Å². The van der Waals surface area contributed by atoms with Crippen molar-refractivity contribution in [3.8, 4) is 0 Å². The van der Waals surface area contributed by atoms with Crippen LogP contribution in [0.3, 0.4) is 0 Å². The summed E-state index contributed by atoms with van der Waals surface area (Å²) in [5.74, 6) is 1.44. The Balaban J connectivity index is 2.41. The average molecular weight is 226 g/mol. The van der Waals surface area contributed by atoms with E-state index in [1.165, 1.54) is 26.3 Å². The van der Waals surface area contributed by atoms with Crippen LogP contribution in [0.2, 0.25) is 0 Å². The molecule has 0 aromatic carbocycles. The molecule has 16 heavy (non-hydrogen) atoms. The normalized spacial score (nSPS) is 23.8. The molecule has 0 radical (unpaired) electrons. The van der Waals surface area contributed by atoms with Crippen LogP contribution in [-0.4, -0.2) is 44.0 Å². The first-order valence-corrected chi connectivity index (χ1v) is 5.69. The van der Waals surface area contributed by atoms with Crippen LogP contribution in [0, 0.1) is 5.92 Å². The zero-order chi connectivity index (χ0) is 12.0. The van der Waals surface area contributed by atoms with E-state index in [-0.39, 0.29) is 0 Å². The molecule has 1 aliphatic rings. The van der Waals surface area contributed by atoms with Crippen LogP contribution in [-0.2, 0) is 4.74 Å². The molecule has 0 saturated carbocycles. The second kappa shape index (κ2) is 6.37. The van der Waals surface area contributed by atoms with Gasteiger partial charge >= 0.3 is 0 Å². The largest absolute Gasteiger partial charge is 0.491 e. The minimum Gasteiger partial charge on any atom is -0.491 e. The van der Waals surface area contributed by atoms with E-state index in [9.17, 15) is 0 Å². The molecule has 92 valence electrons. The molecule has 0 amide bonds. The van der Waals surface area contributed by atoms with Crippen molar-refractivity contribution in [3.05, 3.63) is 12.0 Å². The molecule has 5 nitrogen and oxygen atoms in total. The lowest BCUT2D eigenvalue weighted by molar-refractivity contribution is 0.312. The van der Waals surface area contributed by atoms with Crippen molar-refractivity contribution < 1.29 is 4.74 Å². The smallest absolute Gasteiger partial charge is 0.175 e. The molecular formula is C11H22N4O. The highest BCUT2D eigenvalue weighted by Crippen LogP contribution is 2.15. The molecule has 0 aromatic heterocycles. The number of ether oxygens (including phenoxy) is 1.